The molecule has 128 valence electrons. The van der Waals surface area contributed by atoms with Crippen LogP contribution in [0.1, 0.15) is 51.5 Å². The summed E-state index contributed by atoms with van der Waals surface area (Å²) in [6.45, 7) is 5.94. The molecule has 0 saturated carbocycles. The fraction of sp³-hybridized carbons (Fsp3) is 0.300. The third-order valence-electron chi connectivity index (χ3n) is 4.29. The van der Waals surface area contributed by atoms with Crippen LogP contribution in [0.3, 0.4) is 0 Å². The van der Waals surface area contributed by atoms with Crippen molar-refractivity contribution in [3.05, 3.63) is 76.7 Å². The third kappa shape index (κ3) is 4.18. The van der Waals surface area contributed by atoms with Crippen molar-refractivity contribution in [3.8, 4) is 0 Å². The molecule has 2 heterocycles. The van der Waals surface area contributed by atoms with Crippen molar-refractivity contribution in [2.75, 3.05) is 0 Å². The van der Waals surface area contributed by atoms with Crippen LogP contribution in [0.25, 0.3) is 0 Å². The van der Waals surface area contributed by atoms with Gasteiger partial charge in [-0.1, -0.05) is 36.3 Å². The van der Waals surface area contributed by atoms with E-state index in [2.05, 4.69) is 34.2 Å². The highest BCUT2D eigenvalue weighted by molar-refractivity contribution is 5.95. The summed E-state index contributed by atoms with van der Waals surface area (Å²) >= 11 is 0. The predicted octanol–water partition coefficient (Wildman–Crippen LogP) is 3.85. The van der Waals surface area contributed by atoms with E-state index >= 15 is 0 Å². The van der Waals surface area contributed by atoms with E-state index in [4.69, 9.17) is 4.52 Å². The first-order chi connectivity index (χ1) is 12.0. The van der Waals surface area contributed by atoms with Crippen LogP contribution < -0.4 is 0 Å². The minimum atomic E-state index is 0.00245. The van der Waals surface area contributed by atoms with E-state index in [1.807, 2.05) is 19.1 Å². The van der Waals surface area contributed by atoms with Crippen molar-refractivity contribution in [3.63, 3.8) is 0 Å². The molecule has 5 nitrogen and oxygen atoms in total. The Labute approximate surface area is 147 Å². The molecule has 3 aromatic rings. The molecule has 1 atom stereocenters. The molecule has 25 heavy (non-hydrogen) atoms. The Kier molecular flexibility index (Phi) is 5.03. The van der Waals surface area contributed by atoms with E-state index in [-0.39, 0.29) is 5.78 Å². The standard InChI is InChI=1S/C20H21N3O2/c1-13(9-19-14(2)12-25-23-19)17-6-4-5-16(10-17)11-20(24)18-7-8-21-15(3)22-18/h4-8,10,12-13H,9,11H2,1-3H3/t13-/m1/s1. The lowest BCUT2D eigenvalue weighted by molar-refractivity contribution is 0.0988. The first-order valence-corrected chi connectivity index (χ1v) is 8.34. The highest BCUT2D eigenvalue weighted by Gasteiger charge is 2.14. The molecule has 0 unspecified atom stereocenters. The van der Waals surface area contributed by atoms with Gasteiger partial charge >= 0.3 is 0 Å². The van der Waals surface area contributed by atoms with Crippen molar-refractivity contribution in [1.82, 2.24) is 15.1 Å². The van der Waals surface area contributed by atoms with Gasteiger partial charge in [-0.2, -0.15) is 0 Å². The van der Waals surface area contributed by atoms with Gasteiger partial charge in [0.05, 0.1) is 5.69 Å². The smallest absolute Gasteiger partial charge is 0.185 e. The number of hydrogen-bond acceptors (Lipinski definition) is 5. The molecule has 0 spiro atoms. The fourth-order valence-electron chi connectivity index (χ4n) is 2.81. The number of aryl methyl sites for hydroxylation is 2. The number of rotatable bonds is 6. The van der Waals surface area contributed by atoms with Gasteiger partial charge in [-0.3, -0.25) is 4.79 Å². The molecule has 5 heteroatoms. The van der Waals surface area contributed by atoms with Gasteiger partial charge in [0.15, 0.2) is 5.78 Å². The highest BCUT2D eigenvalue weighted by Crippen LogP contribution is 2.22. The zero-order chi connectivity index (χ0) is 17.8. The summed E-state index contributed by atoms with van der Waals surface area (Å²) in [6, 6.07) is 9.81. The lowest BCUT2D eigenvalue weighted by atomic mass is 9.93. The van der Waals surface area contributed by atoms with Gasteiger partial charge in [0.1, 0.15) is 17.8 Å². The Balaban J connectivity index is 1.73. The second-order valence-corrected chi connectivity index (χ2v) is 6.38. The molecule has 0 bridgehead atoms. The van der Waals surface area contributed by atoms with Crippen LogP contribution in [-0.2, 0) is 12.8 Å². The summed E-state index contributed by atoms with van der Waals surface area (Å²) in [7, 11) is 0. The first-order valence-electron chi connectivity index (χ1n) is 8.34. The average Bonchev–Trinajstić information content (AvgIpc) is 3.00. The molecule has 0 aliphatic carbocycles. The maximum atomic E-state index is 12.4. The number of nitrogens with zero attached hydrogens (tertiary/aromatic N) is 3. The number of carbonyl (C=O) groups is 1. The van der Waals surface area contributed by atoms with Gasteiger partial charge in [0, 0.05) is 18.2 Å². The summed E-state index contributed by atoms with van der Waals surface area (Å²) in [4.78, 5) is 20.7. The van der Waals surface area contributed by atoms with Crippen molar-refractivity contribution < 1.29 is 9.32 Å². The maximum absolute atomic E-state index is 12.4. The van der Waals surface area contributed by atoms with Crippen molar-refractivity contribution >= 4 is 5.78 Å². The SMILES string of the molecule is Cc1nccc(C(=O)Cc2cccc([C@H](C)Cc3nocc3C)c2)n1. The van der Waals surface area contributed by atoms with Gasteiger partial charge in [0.25, 0.3) is 0 Å². The average molecular weight is 335 g/mol. The molecule has 3 rings (SSSR count). The van der Waals surface area contributed by atoms with E-state index in [1.165, 1.54) is 5.56 Å². The largest absolute Gasteiger partial charge is 0.364 e. The molecule has 0 saturated heterocycles. The zero-order valence-corrected chi connectivity index (χ0v) is 14.7. The van der Waals surface area contributed by atoms with E-state index in [1.54, 1.807) is 25.5 Å². The number of ketones is 1. The maximum Gasteiger partial charge on any atom is 0.185 e. The molecule has 0 aliphatic rings. The topological polar surface area (TPSA) is 68.9 Å². The van der Waals surface area contributed by atoms with Crippen LogP contribution >= 0.6 is 0 Å². The van der Waals surface area contributed by atoms with E-state index < -0.39 is 0 Å². The van der Waals surface area contributed by atoms with Crippen molar-refractivity contribution in [2.45, 2.75) is 39.5 Å². The van der Waals surface area contributed by atoms with Gasteiger partial charge in [-0.25, -0.2) is 9.97 Å². The molecule has 0 amide bonds. The summed E-state index contributed by atoms with van der Waals surface area (Å²) in [6.07, 6.45) is 4.43. The third-order valence-corrected chi connectivity index (χ3v) is 4.29. The summed E-state index contributed by atoms with van der Waals surface area (Å²) in [5, 5.41) is 4.06. The molecule has 0 aliphatic heterocycles. The monoisotopic (exact) mass is 335 g/mol. The van der Waals surface area contributed by atoms with Gasteiger partial charge in [0.2, 0.25) is 0 Å². The van der Waals surface area contributed by atoms with Crippen LogP contribution in [0.4, 0.5) is 0 Å². The molecule has 1 aromatic carbocycles. The van der Waals surface area contributed by atoms with E-state index in [0.717, 1.165) is 23.2 Å². The molecule has 0 N–H and O–H groups in total. The van der Waals surface area contributed by atoms with Crippen LogP contribution in [-0.4, -0.2) is 20.9 Å². The normalized spacial score (nSPS) is 12.1. The minimum Gasteiger partial charge on any atom is -0.364 e. The number of Topliss-reactive ketones (excluding diaryl/α,β-unsaturated/α-hetero) is 1. The van der Waals surface area contributed by atoms with Crippen LogP contribution in [0.15, 0.2) is 47.3 Å². The minimum absolute atomic E-state index is 0.00245. The highest BCUT2D eigenvalue weighted by atomic mass is 16.5. The van der Waals surface area contributed by atoms with Crippen LogP contribution in [0.2, 0.25) is 0 Å². The van der Waals surface area contributed by atoms with Gasteiger partial charge in [-0.05, 0) is 43.4 Å². The van der Waals surface area contributed by atoms with Crippen molar-refractivity contribution in [2.24, 2.45) is 0 Å². The summed E-state index contributed by atoms with van der Waals surface area (Å²) in [5.41, 5.74) is 4.68. The Hall–Kier alpha value is -2.82. The Morgan fingerprint density at radius 2 is 2.08 bits per heavy atom. The van der Waals surface area contributed by atoms with Crippen molar-refractivity contribution in [1.29, 1.82) is 0 Å². The van der Waals surface area contributed by atoms with Crippen LogP contribution in [0.5, 0.6) is 0 Å². The number of hydrogen-bond donors (Lipinski definition) is 0. The molecule has 0 fully saturated rings. The molecular formula is C20H21N3O2. The van der Waals surface area contributed by atoms with Gasteiger partial charge in [-0.15, -0.1) is 0 Å². The molecule has 0 radical (unpaired) electrons. The fourth-order valence-corrected chi connectivity index (χ4v) is 2.81. The first kappa shape index (κ1) is 17.0. The second kappa shape index (κ2) is 7.38. The predicted molar refractivity (Wildman–Crippen MR) is 94.6 cm³/mol. The Morgan fingerprint density at radius 3 is 2.80 bits per heavy atom. The lowest BCUT2D eigenvalue weighted by Gasteiger charge is -2.12. The van der Waals surface area contributed by atoms with Gasteiger partial charge < -0.3 is 4.52 Å². The van der Waals surface area contributed by atoms with Crippen LogP contribution in [0, 0.1) is 13.8 Å². The molecule has 2 aromatic heterocycles. The summed E-state index contributed by atoms with van der Waals surface area (Å²) < 4.78 is 5.01. The second-order valence-electron chi connectivity index (χ2n) is 6.38. The van der Waals surface area contributed by atoms with E-state index in [9.17, 15) is 4.79 Å². The zero-order valence-electron chi connectivity index (χ0n) is 14.7. The Morgan fingerprint density at radius 1 is 1.24 bits per heavy atom. The number of aromatic nitrogens is 3. The van der Waals surface area contributed by atoms with E-state index in [0.29, 0.717) is 23.9 Å². The number of carbonyl (C=O) groups excluding carboxylic acids is 1. The molecular weight excluding hydrogens is 314 g/mol. The quantitative estimate of drug-likeness (QED) is 0.640. The Bertz CT molecular complexity index is 886. The number of benzene rings is 1. The summed E-state index contributed by atoms with van der Waals surface area (Å²) in [5.74, 6) is 0.902. The lowest BCUT2D eigenvalue weighted by Crippen LogP contribution is -2.08.